The van der Waals surface area contributed by atoms with Gasteiger partial charge in [-0.1, -0.05) is 28.1 Å². The van der Waals surface area contributed by atoms with Crippen molar-refractivity contribution in [2.75, 3.05) is 12.4 Å². The van der Waals surface area contributed by atoms with Crippen molar-refractivity contribution in [3.05, 3.63) is 69.7 Å². The van der Waals surface area contributed by atoms with Crippen molar-refractivity contribution in [2.45, 2.75) is 18.4 Å². The molecule has 2 aromatic carbocycles. The lowest BCUT2D eigenvalue weighted by Gasteiger charge is -2.38. The predicted molar refractivity (Wildman–Crippen MR) is 93.4 cm³/mol. The minimum atomic E-state index is -0.553. The molecule has 2 aromatic rings. The average molecular weight is 392 g/mol. The average Bonchev–Trinajstić information content (AvgIpc) is 3.04. The maximum atomic E-state index is 14.4. The molecule has 1 heterocycles. The summed E-state index contributed by atoms with van der Waals surface area (Å²) in [5.41, 5.74) is 2.05. The smallest absolute Gasteiger partial charge is 0.149 e. The highest BCUT2D eigenvalue weighted by molar-refractivity contribution is 9.10. The summed E-state index contributed by atoms with van der Waals surface area (Å²) < 4.78 is 34.5. The molecule has 0 amide bonds. The van der Waals surface area contributed by atoms with Gasteiger partial charge < -0.3 is 10.1 Å². The second-order valence-electron chi connectivity index (χ2n) is 6.21. The Kier molecular flexibility index (Phi) is 3.83. The molecule has 2 aliphatic rings. The lowest BCUT2D eigenvalue weighted by Crippen LogP contribution is -2.30. The molecular weight excluding hydrogens is 376 g/mol. The van der Waals surface area contributed by atoms with E-state index in [9.17, 15) is 8.78 Å². The molecule has 1 N–H and O–H groups in total. The van der Waals surface area contributed by atoms with Crippen LogP contribution in [0.3, 0.4) is 0 Å². The number of rotatable bonds is 2. The maximum absolute atomic E-state index is 14.4. The first-order chi connectivity index (χ1) is 11.6. The molecule has 0 aromatic heterocycles. The third-order valence-electron chi connectivity index (χ3n) is 4.91. The van der Waals surface area contributed by atoms with Crippen molar-refractivity contribution >= 4 is 21.6 Å². The Balaban J connectivity index is 1.86. The van der Waals surface area contributed by atoms with E-state index in [-0.39, 0.29) is 17.9 Å². The van der Waals surface area contributed by atoms with Crippen LogP contribution >= 0.6 is 15.9 Å². The Morgan fingerprint density at radius 3 is 2.79 bits per heavy atom. The number of hydrogen-bond acceptors (Lipinski definition) is 2. The van der Waals surface area contributed by atoms with Crippen LogP contribution in [0.4, 0.5) is 14.5 Å². The van der Waals surface area contributed by atoms with Gasteiger partial charge >= 0.3 is 0 Å². The van der Waals surface area contributed by atoms with Crippen LogP contribution in [0, 0.1) is 17.6 Å². The number of allylic oxidation sites excluding steroid dienone is 2. The summed E-state index contributed by atoms with van der Waals surface area (Å²) in [5, 5.41) is 3.30. The molecule has 1 aliphatic carbocycles. The van der Waals surface area contributed by atoms with Gasteiger partial charge in [-0.15, -0.1) is 0 Å². The van der Waals surface area contributed by atoms with E-state index in [0.29, 0.717) is 11.3 Å². The Morgan fingerprint density at radius 2 is 2.00 bits per heavy atom. The van der Waals surface area contributed by atoms with Crippen LogP contribution < -0.4 is 10.1 Å². The zero-order valence-corrected chi connectivity index (χ0v) is 14.6. The number of methoxy groups -OCH3 is 1. The molecule has 0 fully saturated rings. The summed E-state index contributed by atoms with van der Waals surface area (Å²) in [6, 6.07) is 8.07. The van der Waals surface area contributed by atoms with Gasteiger partial charge in [-0.25, -0.2) is 8.78 Å². The van der Waals surface area contributed by atoms with Gasteiger partial charge in [-0.2, -0.15) is 0 Å². The highest BCUT2D eigenvalue weighted by Gasteiger charge is 2.40. The third-order valence-corrected chi connectivity index (χ3v) is 5.41. The number of benzene rings is 2. The Morgan fingerprint density at radius 1 is 1.17 bits per heavy atom. The van der Waals surface area contributed by atoms with Crippen LogP contribution in [-0.4, -0.2) is 7.11 Å². The van der Waals surface area contributed by atoms with Crippen molar-refractivity contribution < 1.29 is 13.5 Å². The molecular formula is C19H16BrF2NO. The fraction of sp³-hybridized carbons (Fsp3) is 0.263. The topological polar surface area (TPSA) is 21.3 Å². The first-order valence-electron chi connectivity index (χ1n) is 7.84. The van der Waals surface area contributed by atoms with E-state index in [1.165, 1.54) is 6.07 Å². The summed E-state index contributed by atoms with van der Waals surface area (Å²) >= 11 is 3.50. The van der Waals surface area contributed by atoms with E-state index < -0.39 is 11.6 Å². The lowest BCUT2D eigenvalue weighted by molar-refractivity contribution is 0.378. The predicted octanol–water partition coefficient (Wildman–Crippen LogP) is 5.56. The standard InChI is InChI=1S/C19H16BrF2NO/c1-24-17-6-5-10(20)7-15(17)18-13-4-2-3-12(13)14-8-11(21)9-16(22)19(14)23-18/h2-3,5-9,12-13,18,23H,4H2,1H3/t12-,13-,18-/m0/s1. The van der Waals surface area contributed by atoms with Gasteiger partial charge in [0.1, 0.15) is 17.4 Å². The van der Waals surface area contributed by atoms with E-state index >= 15 is 0 Å². The number of hydrogen-bond donors (Lipinski definition) is 1. The summed E-state index contributed by atoms with van der Waals surface area (Å²) in [6.45, 7) is 0. The number of nitrogens with one attached hydrogen (secondary N) is 1. The van der Waals surface area contributed by atoms with Crippen molar-refractivity contribution in [3.8, 4) is 5.75 Å². The zero-order valence-electron chi connectivity index (χ0n) is 13.0. The molecule has 5 heteroatoms. The molecule has 0 radical (unpaired) electrons. The molecule has 0 spiro atoms. The number of ether oxygens (including phenoxy) is 1. The minimum Gasteiger partial charge on any atom is -0.496 e. The molecule has 24 heavy (non-hydrogen) atoms. The maximum Gasteiger partial charge on any atom is 0.149 e. The van der Waals surface area contributed by atoms with Gasteiger partial charge in [-0.3, -0.25) is 0 Å². The van der Waals surface area contributed by atoms with Gasteiger partial charge in [0.2, 0.25) is 0 Å². The quantitative estimate of drug-likeness (QED) is 0.676. The van der Waals surface area contributed by atoms with Crippen LogP contribution in [0.25, 0.3) is 0 Å². The van der Waals surface area contributed by atoms with E-state index in [1.807, 2.05) is 18.2 Å². The van der Waals surface area contributed by atoms with Crippen LogP contribution in [-0.2, 0) is 0 Å². The Hall–Kier alpha value is -1.88. The molecule has 0 saturated carbocycles. The largest absolute Gasteiger partial charge is 0.496 e. The number of halogens is 3. The van der Waals surface area contributed by atoms with Gasteiger partial charge in [-0.05, 0) is 42.2 Å². The van der Waals surface area contributed by atoms with E-state index in [2.05, 4.69) is 33.4 Å². The SMILES string of the molecule is COc1ccc(Br)cc1[C@H]1Nc2c(F)cc(F)cc2[C@H]2C=CC[C@@H]21. The van der Waals surface area contributed by atoms with Gasteiger partial charge in [0.05, 0.1) is 18.8 Å². The molecule has 0 unspecified atom stereocenters. The highest BCUT2D eigenvalue weighted by Crippen LogP contribution is 2.52. The van der Waals surface area contributed by atoms with E-state index in [4.69, 9.17) is 4.74 Å². The first kappa shape index (κ1) is 15.6. The Bertz CT molecular complexity index is 836. The molecule has 3 atom stereocenters. The Labute approximate surface area is 147 Å². The van der Waals surface area contributed by atoms with Crippen molar-refractivity contribution in [1.82, 2.24) is 0 Å². The fourth-order valence-corrected chi connectivity index (χ4v) is 4.26. The molecule has 0 bridgehead atoms. The van der Waals surface area contributed by atoms with Crippen molar-refractivity contribution in [1.29, 1.82) is 0 Å². The molecule has 1 aliphatic heterocycles. The van der Waals surface area contributed by atoms with Gasteiger partial charge in [0.25, 0.3) is 0 Å². The molecule has 2 nitrogen and oxygen atoms in total. The van der Waals surface area contributed by atoms with E-state index in [1.54, 1.807) is 7.11 Å². The zero-order chi connectivity index (χ0) is 16.8. The molecule has 4 rings (SSSR count). The second kappa shape index (κ2) is 5.88. The summed E-state index contributed by atoms with van der Waals surface area (Å²) in [7, 11) is 1.63. The minimum absolute atomic E-state index is 0.000128. The van der Waals surface area contributed by atoms with Crippen LogP contribution in [0.1, 0.15) is 29.5 Å². The van der Waals surface area contributed by atoms with Crippen LogP contribution in [0.5, 0.6) is 5.75 Å². The van der Waals surface area contributed by atoms with Crippen molar-refractivity contribution in [3.63, 3.8) is 0 Å². The second-order valence-corrected chi connectivity index (χ2v) is 7.13. The highest BCUT2D eigenvalue weighted by atomic mass is 79.9. The van der Waals surface area contributed by atoms with Crippen molar-refractivity contribution in [2.24, 2.45) is 5.92 Å². The fourth-order valence-electron chi connectivity index (χ4n) is 3.88. The van der Waals surface area contributed by atoms with Gasteiger partial charge in [0, 0.05) is 22.0 Å². The molecule has 124 valence electrons. The van der Waals surface area contributed by atoms with E-state index in [0.717, 1.165) is 28.3 Å². The first-order valence-corrected chi connectivity index (χ1v) is 8.63. The summed E-state index contributed by atoms with van der Waals surface area (Å²) in [5.74, 6) is -0.136. The van der Waals surface area contributed by atoms with Crippen LogP contribution in [0.2, 0.25) is 0 Å². The number of anilines is 1. The number of fused-ring (bicyclic) bond motifs is 3. The third kappa shape index (κ3) is 2.42. The summed E-state index contributed by atoms with van der Waals surface area (Å²) in [6.07, 6.45) is 5.00. The monoisotopic (exact) mass is 391 g/mol. The summed E-state index contributed by atoms with van der Waals surface area (Å²) in [4.78, 5) is 0. The normalized spacial score (nSPS) is 24.2. The molecule has 0 saturated heterocycles. The van der Waals surface area contributed by atoms with Gasteiger partial charge in [0.15, 0.2) is 0 Å². The lowest BCUT2D eigenvalue weighted by atomic mass is 9.76. The van der Waals surface area contributed by atoms with Crippen LogP contribution in [0.15, 0.2) is 47.0 Å².